The smallest absolute Gasteiger partial charge is 0.180 e. The number of nitrogens with one attached hydrogen (secondary N) is 1. The van der Waals surface area contributed by atoms with Gasteiger partial charge in [0.1, 0.15) is 5.71 Å². The summed E-state index contributed by atoms with van der Waals surface area (Å²) in [5.41, 5.74) is 10.6. The number of amidine groups is 1. The van der Waals surface area contributed by atoms with E-state index in [9.17, 15) is 8.42 Å². The molecule has 1 aromatic heterocycles. The lowest BCUT2D eigenvalue weighted by Gasteiger charge is -2.07. The van der Waals surface area contributed by atoms with Gasteiger partial charge in [-0.25, -0.2) is 8.42 Å². The Morgan fingerprint density at radius 3 is 2.65 bits per heavy atom. The maximum Gasteiger partial charge on any atom is 0.180 e. The van der Waals surface area contributed by atoms with Gasteiger partial charge in [0.05, 0.1) is 22.9 Å². The minimum absolute atomic E-state index is 0.0906. The Balaban J connectivity index is 1.85. The Labute approximate surface area is 149 Å². The third kappa shape index (κ3) is 3.76. The summed E-state index contributed by atoms with van der Waals surface area (Å²) in [7, 11) is -3.55. The van der Waals surface area contributed by atoms with Crippen LogP contribution in [0.25, 0.3) is 0 Å². The second-order valence-corrected chi connectivity index (χ2v) is 7.42. The molecule has 10 heteroatoms. The van der Waals surface area contributed by atoms with Gasteiger partial charge in [0.15, 0.2) is 21.4 Å². The molecule has 0 bridgehead atoms. The van der Waals surface area contributed by atoms with Crippen LogP contribution >= 0.6 is 0 Å². The number of nitrogens with zero attached hydrogens (tertiary/aromatic N) is 4. The van der Waals surface area contributed by atoms with Gasteiger partial charge in [-0.05, 0) is 30.3 Å². The minimum Gasteiger partial charge on any atom is -0.395 e. The molecule has 1 aliphatic heterocycles. The highest BCUT2D eigenvalue weighted by atomic mass is 32.2. The summed E-state index contributed by atoms with van der Waals surface area (Å²) in [6.45, 7) is -0.443. The van der Waals surface area contributed by atoms with Crippen molar-refractivity contribution < 1.29 is 13.5 Å². The second kappa shape index (κ2) is 7.42. The predicted molar refractivity (Wildman–Crippen MR) is 99.0 cm³/mol. The van der Waals surface area contributed by atoms with Gasteiger partial charge in [-0.1, -0.05) is 6.07 Å². The van der Waals surface area contributed by atoms with Crippen molar-refractivity contribution in [2.24, 2.45) is 21.0 Å². The highest BCUT2D eigenvalue weighted by Crippen LogP contribution is 2.17. The molecule has 0 fully saturated rings. The van der Waals surface area contributed by atoms with Crippen molar-refractivity contribution >= 4 is 32.8 Å². The summed E-state index contributed by atoms with van der Waals surface area (Å²) in [5, 5.41) is 21.0. The fourth-order valence-electron chi connectivity index (χ4n) is 2.25. The molecular formula is C16H16N6O3S. The summed E-state index contributed by atoms with van der Waals surface area (Å²) in [5.74, 6) is -0.197. The number of anilines is 1. The minimum atomic E-state index is -3.55. The van der Waals surface area contributed by atoms with Crippen LogP contribution in [0.15, 0.2) is 69.0 Å². The molecule has 1 aliphatic rings. The molecule has 134 valence electrons. The molecule has 0 radical (unpaired) electrons. The van der Waals surface area contributed by atoms with Crippen LogP contribution in [0.4, 0.5) is 5.69 Å². The van der Waals surface area contributed by atoms with Crippen LogP contribution in [0.3, 0.4) is 0 Å². The fourth-order valence-corrected chi connectivity index (χ4v) is 3.32. The fraction of sp³-hybridized carbons (Fsp3) is 0.125. The van der Waals surface area contributed by atoms with Crippen LogP contribution < -0.4 is 11.2 Å². The first-order valence-corrected chi connectivity index (χ1v) is 9.26. The number of hydrazone groups is 1. The molecule has 4 N–H and O–H groups in total. The molecule has 26 heavy (non-hydrogen) atoms. The van der Waals surface area contributed by atoms with Crippen LogP contribution in [0.2, 0.25) is 0 Å². The SMILES string of the molecule is NC1=NN=C(c2ccncc2)/C1=N\Nc1cccc(S(=O)(=O)CCO)c1. The molecule has 2 heterocycles. The summed E-state index contributed by atoms with van der Waals surface area (Å²) in [6.07, 6.45) is 3.24. The van der Waals surface area contributed by atoms with E-state index in [1.807, 2.05) is 0 Å². The van der Waals surface area contributed by atoms with Gasteiger partial charge in [0.2, 0.25) is 0 Å². The van der Waals surface area contributed by atoms with Gasteiger partial charge in [-0.2, -0.15) is 5.10 Å². The number of aliphatic hydroxyl groups excluding tert-OH is 1. The average molecular weight is 372 g/mol. The molecule has 0 aliphatic carbocycles. The van der Waals surface area contributed by atoms with Gasteiger partial charge in [-0.15, -0.1) is 10.2 Å². The third-order valence-electron chi connectivity index (χ3n) is 3.53. The van der Waals surface area contributed by atoms with Crippen molar-refractivity contribution in [2.75, 3.05) is 17.8 Å². The Hall–Kier alpha value is -3.11. The zero-order valence-electron chi connectivity index (χ0n) is 13.6. The van der Waals surface area contributed by atoms with E-state index in [1.165, 1.54) is 12.1 Å². The van der Waals surface area contributed by atoms with E-state index in [0.717, 1.165) is 5.56 Å². The zero-order valence-corrected chi connectivity index (χ0v) is 14.4. The zero-order chi connectivity index (χ0) is 18.6. The summed E-state index contributed by atoms with van der Waals surface area (Å²) >= 11 is 0. The maximum atomic E-state index is 12.0. The standard InChI is InChI=1S/C16H16N6O3S/c17-16-15(14(20-22-16)11-4-6-18-7-5-11)21-19-12-2-1-3-13(10-12)26(24,25)9-8-23/h1-7,10,19,23H,8-9H2,(H2,17,21,22). The Kier molecular flexibility index (Phi) is 5.05. The van der Waals surface area contributed by atoms with E-state index in [0.29, 0.717) is 17.1 Å². The summed E-state index contributed by atoms with van der Waals surface area (Å²) in [4.78, 5) is 4.04. The van der Waals surface area contributed by atoms with Gasteiger partial charge in [0.25, 0.3) is 0 Å². The van der Waals surface area contributed by atoms with Crippen LogP contribution in [-0.4, -0.2) is 48.1 Å². The number of rotatable bonds is 6. The van der Waals surface area contributed by atoms with E-state index >= 15 is 0 Å². The monoisotopic (exact) mass is 372 g/mol. The predicted octanol–water partition coefficient (Wildman–Crippen LogP) is 0.391. The average Bonchev–Trinajstić information content (AvgIpc) is 3.01. The Morgan fingerprint density at radius 2 is 1.92 bits per heavy atom. The topological polar surface area (TPSA) is 142 Å². The lowest BCUT2D eigenvalue weighted by molar-refractivity contribution is 0.319. The molecule has 0 unspecified atom stereocenters. The number of sulfone groups is 1. The summed E-state index contributed by atoms with van der Waals surface area (Å²) in [6, 6.07) is 9.64. The molecule has 9 nitrogen and oxygen atoms in total. The van der Waals surface area contributed by atoms with Crippen LogP contribution in [-0.2, 0) is 9.84 Å². The molecule has 0 saturated carbocycles. The van der Waals surface area contributed by atoms with Crippen molar-refractivity contribution in [2.45, 2.75) is 4.90 Å². The number of hydrogen-bond acceptors (Lipinski definition) is 9. The highest BCUT2D eigenvalue weighted by molar-refractivity contribution is 7.91. The van der Waals surface area contributed by atoms with Crippen molar-refractivity contribution in [3.8, 4) is 0 Å². The Bertz CT molecular complexity index is 1000. The van der Waals surface area contributed by atoms with Gasteiger partial charge in [-0.3, -0.25) is 10.4 Å². The molecular weight excluding hydrogens is 356 g/mol. The van der Waals surface area contributed by atoms with E-state index in [4.69, 9.17) is 10.8 Å². The van der Waals surface area contributed by atoms with Gasteiger partial charge < -0.3 is 10.8 Å². The van der Waals surface area contributed by atoms with Gasteiger partial charge in [0, 0.05) is 18.0 Å². The molecule has 0 saturated heterocycles. The van der Waals surface area contributed by atoms with Crippen molar-refractivity contribution in [3.63, 3.8) is 0 Å². The van der Waals surface area contributed by atoms with Crippen LogP contribution in [0, 0.1) is 0 Å². The van der Waals surface area contributed by atoms with Crippen molar-refractivity contribution in [1.82, 2.24) is 4.98 Å². The molecule has 2 aromatic rings. The quantitative estimate of drug-likeness (QED) is 0.626. The lowest BCUT2D eigenvalue weighted by Crippen LogP contribution is -2.28. The third-order valence-corrected chi connectivity index (χ3v) is 5.22. The van der Waals surface area contributed by atoms with Crippen LogP contribution in [0.1, 0.15) is 5.56 Å². The van der Waals surface area contributed by atoms with Crippen molar-refractivity contribution in [1.29, 1.82) is 0 Å². The van der Waals surface area contributed by atoms with E-state index < -0.39 is 16.4 Å². The maximum absolute atomic E-state index is 12.0. The van der Waals surface area contributed by atoms with Crippen LogP contribution in [0.5, 0.6) is 0 Å². The lowest BCUT2D eigenvalue weighted by atomic mass is 10.1. The largest absolute Gasteiger partial charge is 0.395 e. The van der Waals surface area contributed by atoms with E-state index in [-0.39, 0.29) is 16.5 Å². The normalized spacial score (nSPS) is 15.7. The first kappa shape index (κ1) is 17.7. The second-order valence-electron chi connectivity index (χ2n) is 5.31. The Morgan fingerprint density at radius 1 is 1.15 bits per heavy atom. The first-order chi connectivity index (χ1) is 12.5. The summed E-state index contributed by atoms with van der Waals surface area (Å²) < 4.78 is 24.1. The number of pyridine rings is 1. The number of nitrogens with two attached hydrogens (primary N) is 1. The highest BCUT2D eigenvalue weighted by Gasteiger charge is 2.21. The molecule has 0 atom stereocenters. The first-order valence-electron chi connectivity index (χ1n) is 7.61. The van der Waals surface area contributed by atoms with E-state index in [2.05, 4.69) is 25.7 Å². The number of hydrogen-bond donors (Lipinski definition) is 3. The molecule has 0 spiro atoms. The molecule has 3 rings (SSSR count). The molecule has 0 amide bonds. The van der Waals surface area contributed by atoms with E-state index in [1.54, 1.807) is 36.7 Å². The van der Waals surface area contributed by atoms with Gasteiger partial charge >= 0.3 is 0 Å². The number of aliphatic hydroxyl groups is 1. The number of benzene rings is 1. The number of aromatic nitrogens is 1. The van der Waals surface area contributed by atoms with Crippen molar-refractivity contribution in [3.05, 3.63) is 54.4 Å². The molecule has 1 aromatic carbocycles.